The Labute approximate surface area is 160 Å². The number of hydrogen-bond acceptors (Lipinski definition) is 4. The van der Waals surface area contributed by atoms with Crippen molar-refractivity contribution in [3.8, 4) is 0 Å². The van der Waals surface area contributed by atoms with Crippen LogP contribution in [0.3, 0.4) is 0 Å². The van der Waals surface area contributed by atoms with Crippen molar-refractivity contribution in [1.82, 2.24) is 10.9 Å². The lowest BCUT2D eigenvalue weighted by Gasteiger charge is -2.00. The maximum atomic E-state index is 11.7. The highest BCUT2D eigenvalue weighted by atomic mass is 35.5. The Hall–Kier alpha value is -2.70. The first kappa shape index (κ1) is 19.6. The third-order valence-corrected chi connectivity index (χ3v) is 3.65. The molecule has 2 rings (SSSR count). The topological polar surface area (TPSA) is 82.9 Å². The molecule has 0 bridgehead atoms. The highest BCUT2D eigenvalue weighted by Crippen LogP contribution is 2.10. The number of halogens is 2. The molecular formula is C18H16Cl2N4O2. The molecule has 0 aliphatic carbocycles. The van der Waals surface area contributed by atoms with Gasteiger partial charge in [-0.05, 0) is 35.4 Å². The second-order valence-electron chi connectivity index (χ2n) is 5.23. The normalized spacial score (nSPS) is 11.0. The lowest BCUT2D eigenvalue weighted by molar-refractivity contribution is -0.121. The first-order valence-electron chi connectivity index (χ1n) is 7.64. The quantitative estimate of drug-likeness (QED) is 0.562. The predicted octanol–water partition coefficient (Wildman–Crippen LogP) is 2.98. The summed E-state index contributed by atoms with van der Waals surface area (Å²) in [6.45, 7) is 0. The lowest BCUT2D eigenvalue weighted by atomic mass is 10.1. The Morgan fingerprint density at radius 3 is 1.42 bits per heavy atom. The maximum Gasteiger partial charge on any atom is 0.244 e. The third-order valence-electron chi connectivity index (χ3n) is 3.15. The molecule has 2 N–H and O–H groups in total. The van der Waals surface area contributed by atoms with E-state index < -0.39 is 0 Å². The molecule has 134 valence electrons. The zero-order valence-corrected chi connectivity index (χ0v) is 15.2. The molecule has 2 aromatic rings. The number of nitrogens with one attached hydrogen (secondary N) is 2. The van der Waals surface area contributed by atoms with E-state index in [1.54, 1.807) is 48.5 Å². The first-order valence-corrected chi connectivity index (χ1v) is 8.40. The molecule has 0 unspecified atom stereocenters. The van der Waals surface area contributed by atoms with Crippen molar-refractivity contribution in [3.63, 3.8) is 0 Å². The van der Waals surface area contributed by atoms with E-state index >= 15 is 0 Å². The summed E-state index contributed by atoms with van der Waals surface area (Å²) in [5.74, 6) is -0.549. The lowest BCUT2D eigenvalue weighted by Crippen LogP contribution is -2.21. The van der Waals surface area contributed by atoms with Crippen molar-refractivity contribution < 1.29 is 9.59 Å². The van der Waals surface area contributed by atoms with Gasteiger partial charge in [0, 0.05) is 10.0 Å². The second kappa shape index (κ2) is 10.3. The van der Waals surface area contributed by atoms with E-state index in [9.17, 15) is 9.59 Å². The summed E-state index contributed by atoms with van der Waals surface area (Å²) in [6.07, 6.45) is 2.90. The molecule has 0 aliphatic heterocycles. The number of hydrogen-bond donors (Lipinski definition) is 2. The van der Waals surface area contributed by atoms with Gasteiger partial charge in [-0.1, -0.05) is 47.5 Å². The molecule has 6 nitrogen and oxygen atoms in total. The van der Waals surface area contributed by atoms with Crippen molar-refractivity contribution in [2.45, 2.75) is 12.8 Å². The second-order valence-corrected chi connectivity index (χ2v) is 6.11. The van der Waals surface area contributed by atoms with Gasteiger partial charge in [0.25, 0.3) is 0 Å². The van der Waals surface area contributed by atoms with Gasteiger partial charge < -0.3 is 0 Å². The van der Waals surface area contributed by atoms with E-state index in [2.05, 4.69) is 21.1 Å². The Morgan fingerprint density at radius 2 is 1.08 bits per heavy atom. The van der Waals surface area contributed by atoms with Gasteiger partial charge in [-0.25, -0.2) is 10.9 Å². The van der Waals surface area contributed by atoms with Crippen LogP contribution in [0, 0.1) is 0 Å². The van der Waals surface area contributed by atoms with Gasteiger partial charge in [0.15, 0.2) is 0 Å². The van der Waals surface area contributed by atoms with Crippen molar-refractivity contribution in [2.24, 2.45) is 10.2 Å². The zero-order chi connectivity index (χ0) is 18.8. The SMILES string of the molecule is O=C(Cc1ccc(Cl)cc1)N/N=C\C=N/NC(=O)Cc1ccc(Cl)cc1. The molecule has 2 amide bonds. The van der Waals surface area contributed by atoms with E-state index in [0.717, 1.165) is 11.1 Å². The van der Waals surface area contributed by atoms with Crippen LogP contribution in [0.1, 0.15) is 11.1 Å². The van der Waals surface area contributed by atoms with E-state index in [1.807, 2.05) is 0 Å². The van der Waals surface area contributed by atoms with Crippen LogP contribution in [0.25, 0.3) is 0 Å². The third kappa shape index (κ3) is 7.46. The predicted molar refractivity (Wildman–Crippen MR) is 104 cm³/mol. The highest BCUT2D eigenvalue weighted by molar-refractivity contribution is 6.30. The standard InChI is InChI=1S/C18H16Cl2N4O2/c19-15-5-1-13(2-6-15)11-17(25)23-21-9-10-22-24-18(26)12-14-3-7-16(20)8-4-14/h1-10H,11-12H2,(H,23,25)(H,24,26)/b21-9-,22-10-. The van der Waals surface area contributed by atoms with Gasteiger partial charge in [0.05, 0.1) is 25.3 Å². The van der Waals surface area contributed by atoms with Gasteiger partial charge in [0.1, 0.15) is 0 Å². The average Bonchev–Trinajstić information content (AvgIpc) is 2.62. The van der Waals surface area contributed by atoms with Crippen molar-refractivity contribution in [2.75, 3.05) is 0 Å². The number of benzene rings is 2. The Balaban J connectivity index is 1.67. The van der Waals surface area contributed by atoms with Crippen LogP contribution in [-0.2, 0) is 22.4 Å². The summed E-state index contributed by atoms with van der Waals surface area (Å²) in [7, 11) is 0. The largest absolute Gasteiger partial charge is 0.273 e. The van der Waals surface area contributed by atoms with E-state index in [4.69, 9.17) is 23.2 Å². The van der Waals surface area contributed by atoms with Crippen LogP contribution >= 0.6 is 23.2 Å². The summed E-state index contributed by atoms with van der Waals surface area (Å²) in [5, 5.41) is 8.64. The number of amides is 2. The molecule has 0 saturated carbocycles. The minimum atomic E-state index is -0.274. The minimum Gasteiger partial charge on any atom is -0.273 e. The van der Waals surface area contributed by atoms with Gasteiger partial charge in [-0.2, -0.15) is 10.2 Å². The van der Waals surface area contributed by atoms with Crippen LogP contribution < -0.4 is 10.9 Å². The molecule has 0 saturated heterocycles. The maximum absolute atomic E-state index is 11.7. The van der Waals surface area contributed by atoms with Crippen LogP contribution in [0.15, 0.2) is 58.7 Å². The van der Waals surface area contributed by atoms with E-state index in [0.29, 0.717) is 10.0 Å². The number of carbonyl (C=O) groups excluding carboxylic acids is 2. The molecule has 0 atom stereocenters. The van der Waals surface area contributed by atoms with Crippen molar-refractivity contribution in [3.05, 3.63) is 69.7 Å². The fourth-order valence-corrected chi connectivity index (χ4v) is 2.19. The van der Waals surface area contributed by atoms with Crippen LogP contribution in [0.2, 0.25) is 10.0 Å². The molecule has 8 heteroatoms. The van der Waals surface area contributed by atoms with Crippen LogP contribution in [-0.4, -0.2) is 24.2 Å². The Bertz CT molecular complexity index is 733. The summed E-state index contributed by atoms with van der Waals surface area (Å²) >= 11 is 11.6. The van der Waals surface area contributed by atoms with Gasteiger partial charge in [-0.15, -0.1) is 0 Å². The Kier molecular flexibility index (Phi) is 7.79. The molecule has 0 aromatic heterocycles. The van der Waals surface area contributed by atoms with Crippen molar-refractivity contribution >= 4 is 47.4 Å². The molecule has 0 radical (unpaired) electrons. The Morgan fingerprint density at radius 1 is 0.731 bits per heavy atom. The molecule has 26 heavy (non-hydrogen) atoms. The molecule has 0 spiro atoms. The van der Waals surface area contributed by atoms with Gasteiger partial charge >= 0.3 is 0 Å². The fourth-order valence-electron chi connectivity index (χ4n) is 1.94. The first-order chi connectivity index (χ1) is 12.5. The van der Waals surface area contributed by atoms with E-state index in [1.165, 1.54) is 12.4 Å². The molecular weight excluding hydrogens is 375 g/mol. The van der Waals surface area contributed by atoms with Gasteiger partial charge in [-0.3, -0.25) is 9.59 Å². The van der Waals surface area contributed by atoms with Crippen LogP contribution in [0.5, 0.6) is 0 Å². The van der Waals surface area contributed by atoms with Crippen molar-refractivity contribution in [1.29, 1.82) is 0 Å². The monoisotopic (exact) mass is 390 g/mol. The number of carbonyl (C=O) groups is 2. The minimum absolute atomic E-state index is 0.184. The number of hydrazone groups is 2. The average molecular weight is 391 g/mol. The fraction of sp³-hybridized carbons (Fsp3) is 0.111. The molecule has 0 heterocycles. The number of rotatable bonds is 7. The van der Waals surface area contributed by atoms with Crippen LogP contribution in [0.4, 0.5) is 0 Å². The number of nitrogens with zero attached hydrogens (tertiary/aromatic N) is 2. The smallest absolute Gasteiger partial charge is 0.244 e. The summed E-state index contributed by atoms with van der Waals surface area (Å²) in [5.41, 5.74) is 6.37. The molecule has 2 aromatic carbocycles. The van der Waals surface area contributed by atoms with Gasteiger partial charge in [0.2, 0.25) is 11.8 Å². The van der Waals surface area contributed by atoms with E-state index in [-0.39, 0.29) is 24.7 Å². The molecule has 0 aliphatic rings. The highest BCUT2D eigenvalue weighted by Gasteiger charge is 2.02. The summed E-state index contributed by atoms with van der Waals surface area (Å²) in [4.78, 5) is 23.4. The molecule has 0 fully saturated rings. The summed E-state index contributed by atoms with van der Waals surface area (Å²) < 4.78 is 0. The summed E-state index contributed by atoms with van der Waals surface area (Å²) in [6, 6.07) is 13.9. The zero-order valence-electron chi connectivity index (χ0n) is 13.7.